The molecule has 0 aliphatic carbocycles. The smallest absolute Gasteiger partial charge is 0.258 e. The van der Waals surface area contributed by atoms with E-state index in [1.807, 2.05) is 0 Å². The molecule has 15 heavy (non-hydrogen) atoms. The summed E-state index contributed by atoms with van der Waals surface area (Å²) in [6.45, 7) is 0. The molecule has 0 aliphatic heterocycles. The fourth-order valence-electron chi connectivity index (χ4n) is 0.892. The monoisotopic (exact) mass is 233 g/mol. The van der Waals surface area contributed by atoms with Gasteiger partial charge in [0.15, 0.2) is 0 Å². The van der Waals surface area contributed by atoms with Gasteiger partial charge >= 0.3 is 5.69 Å². The van der Waals surface area contributed by atoms with Gasteiger partial charge in [0.05, 0.1) is 4.92 Å². The average Bonchev–Trinajstić information content (AvgIpc) is 2.16. The van der Waals surface area contributed by atoms with Gasteiger partial charge in [0, 0.05) is 0 Å². The van der Waals surface area contributed by atoms with Crippen LogP contribution in [-0.2, 0) is 0 Å². The summed E-state index contributed by atoms with van der Waals surface area (Å²) in [5, 5.41) is 18.3. The number of nitro groups is 1. The van der Waals surface area contributed by atoms with Crippen LogP contribution in [0.25, 0.3) is 0 Å². The molecule has 8 heteroatoms. The van der Waals surface area contributed by atoms with Gasteiger partial charge in [0.2, 0.25) is 0 Å². The summed E-state index contributed by atoms with van der Waals surface area (Å²) >= 11 is 5.42. The maximum Gasteiger partial charge on any atom is 0.307 e. The topological polar surface area (TPSA) is 79.8 Å². The number of pyridine rings is 1. The van der Waals surface area contributed by atoms with Gasteiger partial charge in [0.25, 0.3) is 6.43 Å². The van der Waals surface area contributed by atoms with Crippen LogP contribution in [0, 0.1) is 21.4 Å². The van der Waals surface area contributed by atoms with Crippen LogP contribution in [0.3, 0.4) is 0 Å². The SMILES string of the molecule is N#Cc1c(C(F)F)ncc([N+](=O)[O-])c1Cl. The lowest BCUT2D eigenvalue weighted by Crippen LogP contribution is -2.00. The second kappa shape index (κ2) is 4.14. The Kier molecular flexibility index (Phi) is 3.11. The molecule has 1 aromatic rings. The predicted molar refractivity (Wildman–Crippen MR) is 45.6 cm³/mol. The molecule has 0 spiro atoms. The lowest BCUT2D eigenvalue weighted by atomic mass is 10.2. The van der Waals surface area contributed by atoms with Crippen molar-refractivity contribution in [3.63, 3.8) is 0 Å². The third-order valence-electron chi connectivity index (χ3n) is 1.54. The van der Waals surface area contributed by atoms with Crippen molar-refractivity contribution in [2.24, 2.45) is 0 Å². The number of halogens is 3. The van der Waals surface area contributed by atoms with Gasteiger partial charge in [-0.15, -0.1) is 0 Å². The first kappa shape index (κ1) is 11.3. The van der Waals surface area contributed by atoms with Gasteiger partial charge in [-0.2, -0.15) is 5.26 Å². The van der Waals surface area contributed by atoms with E-state index in [1.165, 1.54) is 6.07 Å². The average molecular weight is 234 g/mol. The molecular weight excluding hydrogens is 232 g/mol. The van der Waals surface area contributed by atoms with Crippen LogP contribution in [0.2, 0.25) is 5.02 Å². The molecule has 0 saturated heterocycles. The Morgan fingerprint density at radius 3 is 2.67 bits per heavy atom. The van der Waals surface area contributed by atoms with Gasteiger partial charge in [-0.25, -0.2) is 13.8 Å². The molecule has 1 aromatic heterocycles. The van der Waals surface area contributed by atoms with E-state index in [9.17, 15) is 18.9 Å². The minimum absolute atomic E-state index is 0.602. The van der Waals surface area contributed by atoms with Crippen molar-refractivity contribution in [3.05, 3.63) is 32.6 Å². The predicted octanol–water partition coefficient (Wildman–Crippen LogP) is 2.45. The summed E-state index contributed by atoms with van der Waals surface area (Å²) in [5.41, 5.74) is -2.19. The molecule has 0 bridgehead atoms. The largest absolute Gasteiger partial charge is 0.307 e. The molecule has 0 saturated carbocycles. The van der Waals surface area contributed by atoms with E-state index in [2.05, 4.69) is 4.98 Å². The molecule has 0 amide bonds. The second-order valence-corrected chi connectivity index (χ2v) is 2.77. The van der Waals surface area contributed by atoms with E-state index in [1.54, 1.807) is 0 Å². The normalized spacial score (nSPS) is 10.1. The van der Waals surface area contributed by atoms with E-state index in [0.29, 0.717) is 6.20 Å². The Morgan fingerprint density at radius 2 is 2.27 bits per heavy atom. The fraction of sp³-hybridized carbons (Fsp3) is 0.143. The molecule has 0 unspecified atom stereocenters. The number of rotatable bonds is 2. The lowest BCUT2D eigenvalue weighted by molar-refractivity contribution is -0.385. The van der Waals surface area contributed by atoms with Crippen molar-refractivity contribution in [3.8, 4) is 6.07 Å². The van der Waals surface area contributed by atoms with Gasteiger partial charge in [-0.1, -0.05) is 11.6 Å². The molecule has 1 heterocycles. The van der Waals surface area contributed by atoms with Crippen molar-refractivity contribution in [1.82, 2.24) is 4.98 Å². The molecule has 0 aliphatic rings. The lowest BCUT2D eigenvalue weighted by Gasteiger charge is -2.02. The Morgan fingerprint density at radius 1 is 1.67 bits per heavy atom. The van der Waals surface area contributed by atoms with Gasteiger partial charge in [-0.3, -0.25) is 10.1 Å². The molecule has 0 fully saturated rings. The van der Waals surface area contributed by atoms with E-state index >= 15 is 0 Å². The van der Waals surface area contributed by atoms with Gasteiger partial charge < -0.3 is 0 Å². The zero-order valence-electron chi connectivity index (χ0n) is 6.95. The summed E-state index contributed by atoms with van der Waals surface area (Å²) in [5.74, 6) is 0. The van der Waals surface area contributed by atoms with E-state index < -0.39 is 33.3 Å². The summed E-state index contributed by atoms with van der Waals surface area (Å²) in [6.07, 6.45) is -2.40. The van der Waals surface area contributed by atoms with Crippen LogP contribution in [0.4, 0.5) is 14.5 Å². The first-order valence-electron chi connectivity index (χ1n) is 3.50. The summed E-state index contributed by atoms with van der Waals surface area (Å²) in [6, 6.07) is 1.36. The molecular formula is C7H2ClF2N3O2. The first-order chi connectivity index (χ1) is 6.99. The minimum Gasteiger partial charge on any atom is -0.258 e. The maximum atomic E-state index is 12.3. The van der Waals surface area contributed by atoms with Crippen molar-refractivity contribution in [1.29, 1.82) is 5.26 Å². The molecule has 0 atom stereocenters. The highest BCUT2D eigenvalue weighted by atomic mass is 35.5. The number of nitrogens with zero attached hydrogens (tertiary/aromatic N) is 3. The zero-order valence-corrected chi connectivity index (χ0v) is 7.70. The van der Waals surface area contributed by atoms with Gasteiger partial charge in [0.1, 0.15) is 28.5 Å². The van der Waals surface area contributed by atoms with Crippen LogP contribution >= 0.6 is 11.6 Å². The molecule has 5 nitrogen and oxygen atoms in total. The fourth-order valence-corrected chi connectivity index (χ4v) is 1.15. The Hall–Kier alpha value is -1.81. The highest BCUT2D eigenvalue weighted by Crippen LogP contribution is 2.32. The highest BCUT2D eigenvalue weighted by Gasteiger charge is 2.24. The molecule has 78 valence electrons. The standard InChI is InChI=1S/C7H2ClF2N3O2/c8-5-3(1-11)6(7(9)10)12-2-4(5)13(14)15/h2,7H. The molecule has 0 aromatic carbocycles. The molecule has 0 radical (unpaired) electrons. The van der Waals surface area contributed by atoms with E-state index in [4.69, 9.17) is 16.9 Å². The summed E-state index contributed by atoms with van der Waals surface area (Å²) in [7, 11) is 0. The van der Waals surface area contributed by atoms with E-state index in [0.717, 1.165) is 0 Å². The highest BCUT2D eigenvalue weighted by molar-refractivity contribution is 6.33. The number of aromatic nitrogens is 1. The van der Waals surface area contributed by atoms with Crippen molar-refractivity contribution < 1.29 is 13.7 Å². The minimum atomic E-state index is -3.00. The number of hydrogen-bond donors (Lipinski definition) is 0. The summed E-state index contributed by atoms with van der Waals surface area (Å²) in [4.78, 5) is 12.6. The molecule has 1 rings (SSSR count). The zero-order chi connectivity index (χ0) is 11.6. The number of alkyl halides is 2. The first-order valence-corrected chi connectivity index (χ1v) is 3.87. The Balaban J connectivity index is 3.48. The quantitative estimate of drug-likeness (QED) is 0.580. The van der Waals surface area contributed by atoms with Gasteiger partial charge in [-0.05, 0) is 0 Å². The van der Waals surface area contributed by atoms with Crippen LogP contribution in [0.1, 0.15) is 17.7 Å². The van der Waals surface area contributed by atoms with E-state index in [-0.39, 0.29) is 0 Å². The summed E-state index contributed by atoms with van der Waals surface area (Å²) < 4.78 is 24.6. The maximum absolute atomic E-state index is 12.3. The Bertz CT molecular complexity index is 458. The number of hydrogen-bond acceptors (Lipinski definition) is 4. The van der Waals surface area contributed by atoms with Crippen LogP contribution in [0.15, 0.2) is 6.20 Å². The third-order valence-corrected chi connectivity index (χ3v) is 1.92. The second-order valence-electron chi connectivity index (χ2n) is 2.39. The van der Waals surface area contributed by atoms with Crippen LogP contribution in [-0.4, -0.2) is 9.91 Å². The van der Waals surface area contributed by atoms with Crippen molar-refractivity contribution in [2.45, 2.75) is 6.43 Å². The van der Waals surface area contributed by atoms with Crippen LogP contribution < -0.4 is 0 Å². The Labute approximate surface area is 87.1 Å². The number of nitriles is 1. The van der Waals surface area contributed by atoms with Crippen molar-refractivity contribution >= 4 is 17.3 Å². The van der Waals surface area contributed by atoms with Crippen LogP contribution in [0.5, 0.6) is 0 Å². The third kappa shape index (κ3) is 1.99. The molecule has 0 N–H and O–H groups in total. The van der Waals surface area contributed by atoms with Crippen molar-refractivity contribution in [2.75, 3.05) is 0 Å².